The molecule has 3 aromatic rings. The summed E-state index contributed by atoms with van der Waals surface area (Å²) in [6.07, 6.45) is 5.03. The van der Waals surface area contributed by atoms with Crippen molar-refractivity contribution in [2.45, 2.75) is 37.8 Å². The van der Waals surface area contributed by atoms with Crippen LogP contribution in [-0.2, 0) is 0 Å². The van der Waals surface area contributed by atoms with Gasteiger partial charge in [0.05, 0.1) is 18.0 Å². The summed E-state index contributed by atoms with van der Waals surface area (Å²) in [5, 5.41) is 21.2. The monoisotopic (exact) mass is 310 g/mol. The lowest BCUT2D eigenvalue weighted by atomic mass is 9.93. The molecule has 0 amide bonds. The number of aliphatic hydroxyl groups excluding tert-OH is 1. The number of fused-ring (bicyclic) bond motifs is 1. The van der Waals surface area contributed by atoms with Crippen LogP contribution in [0.5, 0.6) is 0 Å². The minimum atomic E-state index is -0.167. The highest BCUT2D eigenvalue weighted by atomic mass is 16.3. The molecule has 0 radical (unpaired) electrons. The first kappa shape index (κ1) is 14.1. The lowest BCUT2D eigenvalue weighted by Crippen LogP contribution is -2.28. The molecule has 7 nitrogen and oxygen atoms in total. The molecule has 7 heteroatoms. The molecule has 23 heavy (non-hydrogen) atoms. The van der Waals surface area contributed by atoms with Gasteiger partial charge in [-0.1, -0.05) is 23.4 Å². The molecule has 0 saturated heterocycles. The molecule has 118 valence electrons. The molecule has 2 aromatic heterocycles. The Balaban J connectivity index is 1.62. The second kappa shape index (κ2) is 5.92. The minimum absolute atomic E-state index is 0.167. The normalized spacial score (nSPS) is 21.4. The van der Waals surface area contributed by atoms with Gasteiger partial charge in [0.1, 0.15) is 0 Å². The van der Waals surface area contributed by atoms with Crippen LogP contribution in [0.1, 0.15) is 25.7 Å². The van der Waals surface area contributed by atoms with Gasteiger partial charge in [-0.05, 0) is 37.8 Å². The molecular weight excluding hydrogens is 292 g/mol. The molecule has 2 N–H and O–H groups in total. The zero-order chi connectivity index (χ0) is 15.6. The van der Waals surface area contributed by atoms with Crippen LogP contribution in [0.15, 0.2) is 36.5 Å². The number of nitrogens with one attached hydrogen (secondary N) is 1. The highest BCUT2D eigenvalue weighted by molar-refractivity contribution is 5.71. The van der Waals surface area contributed by atoms with Crippen molar-refractivity contribution < 1.29 is 5.11 Å². The van der Waals surface area contributed by atoms with Gasteiger partial charge in [0.25, 0.3) is 0 Å². The number of benzene rings is 1. The van der Waals surface area contributed by atoms with Gasteiger partial charge in [-0.25, -0.2) is 4.98 Å². The average Bonchev–Trinajstić information content (AvgIpc) is 3.01. The van der Waals surface area contributed by atoms with Gasteiger partial charge in [-0.3, -0.25) is 0 Å². The number of anilines is 1. The summed E-state index contributed by atoms with van der Waals surface area (Å²) in [5.41, 5.74) is 2.27. The van der Waals surface area contributed by atoms with Crippen molar-refractivity contribution in [2.75, 3.05) is 5.32 Å². The first-order valence-corrected chi connectivity index (χ1v) is 7.88. The van der Waals surface area contributed by atoms with Crippen LogP contribution in [0.4, 0.5) is 5.95 Å². The molecule has 0 aliphatic heterocycles. The number of aromatic nitrogens is 5. The second-order valence-corrected chi connectivity index (χ2v) is 5.89. The van der Waals surface area contributed by atoms with Crippen LogP contribution in [-0.4, -0.2) is 42.2 Å². The Labute approximate surface area is 133 Å². The van der Waals surface area contributed by atoms with Gasteiger partial charge < -0.3 is 10.4 Å². The fourth-order valence-electron chi connectivity index (χ4n) is 2.94. The number of aliphatic hydroxyl groups is 1. The SMILES string of the molecule is OC1CCC(Nc2ncc3nnn(-c4ccccc4)c3n2)CC1. The molecule has 1 aliphatic rings. The molecule has 1 fully saturated rings. The molecule has 0 atom stereocenters. The van der Waals surface area contributed by atoms with E-state index < -0.39 is 0 Å². The third kappa shape index (κ3) is 2.87. The van der Waals surface area contributed by atoms with Crippen molar-refractivity contribution in [1.82, 2.24) is 25.0 Å². The summed E-state index contributed by atoms with van der Waals surface area (Å²) in [7, 11) is 0. The van der Waals surface area contributed by atoms with E-state index >= 15 is 0 Å². The predicted octanol–water partition coefficient (Wildman–Crippen LogP) is 1.93. The van der Waals surface area contributed by atoms with Crippen LogP contribution < -0.4 is 5.32 Å². The van der Waals surface area contributed by atoms with E-state index in [1.165, 1.54) is 0 Å². The Morgan fingerprint density at radius 3 is 2.65 bits per heavy atom. The first-order chi connectivity index (χ1) is 11.3. The van der Waals surface area contributed by atoms with Gasteiger partial charge in [0.15, 0.2) is 11.2 Å². The van der Waals surface area contributed by atoms with Crippen LogP contribution in [0, 0.1) is 0 Å². The maximum atomic E-state index is 9.59. The Hall–Kier alpha value is -2.54. The second-order valence-electron chi connectivity index (χ2n) is 5.89. The van der Waals surface area contributed by atoms with Gasteiger partial charge in [-0.2, -0.15) is 9.67 Å². The van der Waals surface area contributed by atoms with Gasteiger partial charge in [0.2, 0.25) is 5.95 Å². The highest BCUT2D eigenvalue weighted by Gasteiger charge is 2.20. The number of hydrogen-bond donors (Lipinski definition) is 2. The molecule has 1 aromatic carbocycles. The topological polar surface area (TPSA) is 88.8 Å². The third-order valence-corrected chi connectivity index (χ3v) is 4.22. The molecule has 0 bridgehead atoms. The largest absolute Gasteiger partial charge is 0.393 e. The van der Waals surface area contributed by atoms with E-state index in [-0.39, 0.29) is 6.10 Å². The van der Waals surface area contributed by atoms with Crippen molar-refractivity contribution in [3.05, 3.63) is 36.5 Å². The van der Waals surface area contributed by atoms with Gasteiger partial charge in [0, 0.05) is 6.04 Å². The fourth-order valence-corrected chi connectivity index (χ4v) is 2.94. The van der Waals surface area contributed by atoms with E-state index in [9.17, 15) is 5.11 Å². The van der Waals surface area contributed by atoms with Crippen LogP contribution >= 0.6 is 0 Å². The number of rotatable bonds is 3. The van der Waals surface area contributed by atoms with Gasteiger partial charge >= 0.3 is 0 Å². The summed E-state index contributed by atoms with van der Waals surface area (Å²) in [6.45, 7) is 0. The van der Waals surface area contributed by atoms with Crippen molar-refractivity contribution in [3.8, 4) is 5.69 Å². The van der Waals surface area contributed by atoms with E-state index in [2.05, 4.69) is 25.6 Å². The van der Waals surface area contributed by atoms with Crippen molar-refractivity contribution in [3.63, 3.8) is 0 Å². The van der Waals surface area contributed by atoms with Crippen molar-refractivity contribution in [1.29, 1.82) is 0 Å². The van der Waals surface area contributed by atoms with Crippen LogP contribution in [0.25, 0.3) is 16.9 Å². The lowest BCUT2D eigenvalue weighted by molar-refractivity contribution is 0.126. The smallest absolute Gasteiger partial charge is 0.225 e. The summed E-state index contributed by atoms with van der Waals surface area (Å²) in [4.78, 5) is 8.90. The number of nitrogens with zero attached hydrogens (tertiary/aromatic N) is 5. The zero-order valence-corrected chi connectivity index (χ0v) is 12.6. The molecule has 1 aliphatic carbocycles. The number of para-hydroxylation sites is 1. The van der Waals surface area contributed by atoms with E-state index in [4.69, 9.17) is 0 Å². The summed E-state index contributed by atoms with van der Waals surface area (Å²) in [5.74, 6) is 0.582. The lowest BCUT2D eigenvalue weighted by Gasteiger charge is -2.26. The standard InChI is InChI=1S/C16H18N6O/c23-13-8-6-11(7-9-13)18-16-17-10-14-15(19-16)22(21-20-14)12-4-2-1-3-5-12/h1-5,10-11,13,23H,6-9H2,(H,17,18,19). The highest BCUT2D eigenvalue weighted by Crippen LogP contribution is 2.22. The Bertz CT molecular complexity index is 795. The van der Waals surface area contributed by atoms with Crippen LogP contribution in [0.3, 0.4) is 0 Å². The average molecular weight is 310 g/mol. The van der Waals surface area contributed by atoms with E-state index in [0.29, 0.717) is 23.2 Å². The molecule has 0 unspecified atom stereocenters. The molecule has 1 saturated carbocycles. The van der Waals surface area contributed by atoms with Crippen molar-refractivity contribution >= 4 is 17.1 Å². The molecule has 2 heterocycles. The minimum Gasteiger partial charge on any atom is -0.393 e. The van der Waals surface area contributed by atoms with Crippen molar-refractivity contribution in [2.24, 2.45) is 0 Å². The summed E-state index contributed by atoms with van der Waals surface area (Å²) < 4.78 is 1.72. The third-order valence-electron chi connectivity index (χ3n) is 4.22. The first-order valence-electron chi connectivity index (χ1n) is 7.88. The van der Waals surface area contributed by atoms with E-state index in [1.54, 1.807) is 10.9 Å². The van der Waals surface area contributed by atoms with E-state index in [0.717, 1.165) is 31.4 Å². The molecule has 0 spiro atoms. The predicted molar refractivity (Wildman–Crippen MR) is 86.3 cm³/mol. The zero-order valence-electron chi connectivity index (χ0n) is 12.6. The summed E-state index contributed by atoms with van der Waals surface area (Å²) in [6, 6.07) is 10.1. The molecule has 4 rings (SSSR count). The fraction of sp³-hybridized carbons (Fsp3) is 0.375. The Morgan fingerprint density at radius 2 is 1.87 bits per heavy atom. The van der Waals surface area contributed by atoms with Gasteiger partial charge in [-0.15, -0.1) is 5.10 Å². The Kier molecular flexibility index (Phi) is 3.63. The number of hydrogen-bond acceptors (Lipinski definition) is 6. The Morgan fingerprint density at radius 1 is 1.09 bits per heavy atom. The maximum absolute atomic E-state index is 9.59. The molecular formula is C16H18N6O. The maximum Gasteiger partial charge on any atom is 0.225 e. The van der Waals surface area contributed by atoms with Crippen LogP contribution in [0.2, 0.25) is 0 Å². The van der Waals surface area contributed by atoms with E-state index in [1.807, 2.05) is 30.3 Å². The quantitative estimate of drug-likeness (QED) is 0.768. The summed E-state index contributed by atoms with van der Waals surface area (Å²) >= 11 is 0.